The van der Waals surface area contributed by atoms with Gasteiger partial charge < -0.3 is 10.4 Å². The van der Waals surface area contributed by atoms with Crippen molar-refractivity contribution in [1.82, 2.24) is 5.32 Å². The lowest BCUT2D eigenvalue weighted by molar-refractivity contribution is -0.118. The number of carbonyl (C=O) groups excluding carboxylic acids is 1. The molecule has 0 bridgehead atoms. The zero-order valence-electron chi connectivity index (χ0n) is 8.12. The maximum Gasteiger partial charge on any atom is 0.230 e. The molecule has 1 saturated carbocycles. The van der Waals surface area contributed by atoms with Crippen LogP contribution in [0.4, 0.5) is 0 Å². The minimum absolute atomic E-state index is 0.0972. The molecule has 1 aliphatic carbocycles. The van der Waals surface area contributed by atoms with Gasteiger partial charge in [0.15, 0.2) is 0 Å². The molecule has 0 heterocycles. The average Bonchev–Trinajstić information content (AvgIpc) is 2.83. The third-order valence-corrected chi connectivity index (χ3v) is 3.45. The third-order valence-electron chi connectivity index (χ3n) is 2.10. The van der Waals surface area contributed by atoms with Gasteiger partial charge in [-0.05, 0) is 19.8 Å². The summed E-state index contributed by atoms with van der Waals surface area (Å²) in [6.07, 6.45) is 1.91. The van der Waals surface area contributed by atoms with Gasteiger partial charge in [0.1, 0.15) is 0 Å². The highest BCUT2D eigenvalue weighted by Gasteiger charge is 2.23. The highest BCUT2D eigenvalue weighted by atomic mass is 32.2. The molecule has 76 valence electrons. The predicted molar refractivity (Wildman–Crippen MR) is 54.8 cm³/mol. The summed E-state index contributed by atoms with van der Waals surface area (Å²) in [5, 5.41) is 12.2. The molecule has 3 nitrogen and oxygen atoms in total. The van der Waals surface area contributed by atoms with Crippen molar-refractivity contribution in [1.29, 1.82) is 0 Å². The van der Waals surface area contributed by atoms with Gasteiger partial charge in [0, 0.05) is 11.3 Å². The van der Waals surface area contributed by atoms with E-state index in [-0.39, 0.29) is 17.3 Å². The van der Waals surface area contributed by atoms with E-state index in [0.29, 0.717) is 11.8 Å². The molecule has 0 saturated heterocycles. The smallest absolute Gasteiger partial charge is 0.230 e. The van der Waals surface area contributed by atoms with Crippen LogP contribution in [0.25, 0.3) is 0 Å². The van der Waals surface area contributed by atoms with Gasteiger partial charge in [-0.2, -0.15) is 0 Å². The fraction of sp³-hybridized carbons (Fsp3) is 0.889. The second-order valence-electron chi connectivity index (χ2n) is 3.60. The van der Waals surface area contributed by atoms with E-state index in [1.807, 2.05) is 6.92 Å². The largest absolute Gasteiger partial charge is 0.392 e. The highest BCUT2D eigenvalue weighted by molar-refractivity contribution is 8.00. The van der Waals surface area contributed by atoms with Gasteiger partial charge in [-0.3, -0.25) is 4.79 Å². The molecule has 0 unspecified atom stereocenters. The monoisotopic (exact) mass is 203 g/mol. The van der Waals surface area contributed by atoms with E-state index in [9.17, 15) is 9.90 Å². The molecule has 1 aliphatic rings. The molecule has 2 atom stereocenters. The summed E-state index contributed by atoms with van der Waals surface area (Å²) < 4.78 is 0. The van der Waals surface area contributed by atoms with Gasteiger partial charge in [0.05, 0.1) is 11.9 Å². The summed E-state index contributed by atoms with van der Waals surface area (Å²) in [5.74, 6) is 0.558. The molecule has 13 heavy (non-hydrogen) atoms. The average molecular weight is 203 g/mol. The number of rotatable bonds is 5. The topological polar surface area (TPSA) is 49.3 Å². The van der Waals surface area contributed by atoms with E-state index >= 15 is 0 Å². The van der Waals surface area contributed by atoms with E-state index in [0.717, 1.165) is 12.8 Å². The standard InChI is InChI=1S/C9H17NO2S/c1-6(11)7(2)13-5-9(12)10-8-3-4-8/h6-8,11H,3-5H2,1-2H3,(H,10,12)/t6-,7+/m1/s1. The Labute approximate surface area is 83.3 Å². The van der Waals surface area contributed by atoms with Crippen molar-refractivity contribution in [2.75, 3.05) is 5.75 Å². The maximum atomic E-state index is 11.2. The van der Waals surface area contributed by atoms with Gasteiger partial charge in [-0.1, -0.05) is 6.92 Å². The summed E-state index contributed by atoms with van der Waals surface area (Å²) in [4.78, 5) is 11.2. The number of hydrogen-bond donors (Lipinski definition) is 2. The predicted octanol–water partition coefficient (Wildman–Crippen LogP) is 0.767. The van der Waals surface area contributed by atoms with E-state index in [2.05, 4.69) is 5.32 Å². The van der Waals surface area contributed by atoms with Gasteiger partial charge in [0.2, 0.25) is 5.91 Å². The van der Waals surface area contributed by atoms with Gasteiger partial charge in [-0.15, -0.1) is 11.8 Å². The van der Waals surface area contributed by atoms with Crippen LogP contribution in [0.1, 0.15) is 26.7 Å². The number of aliphatic hydroxyl groups excluding tert-OH is 1. The summed E-state index contributed by atoms with van der Waals surface area (Å²) in [6.45, 7) is 3.68. The van der Waals surface area contributed by atoms with Crippen LogP contribution in [-0.4, -0.2) is 34.2 Å². The van der Waals surface area contributed by atoms with Crippen LogP contribution in [0, 0.1) is 0 Å². The highest BCUT2D eigenvalue weighted by Crippen LogP contribution is 2.19. The molecule has 0 aromatic rings. The zero-order chi connectivity index (χ0) is 9.84. The van der Waals surface area contributed by atoms with E-state index in [1.54, 1.807) is 6.92 Å². The summed E-state index contributed by atoms with van der Waals surface area (Å²) in [7, 11) is 0. The summed E-state index contributed by atoms with van der Waals surface area (Å²) in [5.41, 5.74) is 0. The van der Waals surface area contributed by atoms with E-state index in [4.69, 9.17) is 0 Å². The van der Waals surface area contributed by atoms with Crippen molar-refractivity contribution in [3.05, 3.63) is 0 Å². The second-order valence-corrected chi connectivity index (χ2v) is 4.96. The Morgan fingerprint density at radius 2 is 2.23 bits per heavy atom. The maximum absolute atomic E-state index is 11.2. The van der Waals surface area contributed by atoms with Gasteiger partial charge >= 0.3 is 0 Å². The Kier molecular flexibility index (Phi) is 4.06. The molecule has 2 N–H and O–H groups in total. The van der Waals surface area contributed by atoms with Crippen LogP contribution in [0.15, 0.2) is 0 Å². The van der Waals surface area contributed by atoms with Crippen molar-refractivity contribution < 1.29 is 9.90 Å². The first-order chi connectivity index (χ1) is 6.09. The number of nitrogens with one attached hydrogen (secondary N) is 1. The molecule has 1 amide bonds. The molecule has 1 rings (SSSR count). The molecular weight excluding hydrogens is 186 g/mol. The number of hydrogen-bond acceptors (Lipinski definition) is 3. The lowest BCUT2D eigenvalue weighted by Gasteiger charge is -2.13. The van der Waals surface area contributed by atoms with Crippen molar-refractivity contribution in [3.63, 3.8) is 0 Å². The van der Waals surface area contributed by atoms with Crippen LogP contribution in [0.3, 0.4) is 0 Å². The first-order valence-corrected chi connectivity index (χ1v) is 5.73. The summed E-state index contributed by atoms with van der Waals surface area (Å²) >= 11 is 1.50. The minimum atomic E-state index is -0.348. The molecule has 0 aromatic heterocycles. The van der Waals surface area contributed by atoms with Crippen LogP contribution in [0.5, 0.6) is 0 Å². The Balaban J connectivity index is 2.06. The van der Waals surface area contributed by atoms with Crippen LogP contribution < -0.4 is 5.32 Å². The van der Waals surface area contributed by atoms with E-state index in [1.165, 1.54) is 11.8 Å². The fourth-order valence-corrected chi connectivity index (χ4v) is 1.62. The Hall–Kier alpha value is -0.220. The van der Waals surface area contributed by atoms with Crippen LogP contribution >= 0.6 is 11.8 Å². The normalized spacial score (nSPS) is 20.8. The molecule has 4 heteroatoms. The van der Waals surface area contributed by atoms with Crippen molar-refractivity contribution in [3.8, 4) is 0 Å². The van der Waals surface area contributed by atoms with Crippen LogP contribution in [-0.2, 0) is 4.79 Å². The van der Waals surface area contributed by atoms with Crippen LogP contribution in [0.2, 0.25) is 0 Å². The SMILES string of the molecule is C[C@H](SCC(=O)NC1CC1)[C@@H](C)O. The zero-order valence-corrected chi connectivity index (χ0v) is 8.93. The number of aliphatic hydroxyl groups is 1. The van der Waals surface area contributed by atoms with E-state index < -0.39 is 0 Å². The molecule has 0 radical (unpaired) electrons. The Morgan fingerprint density at radius 3 is 2.69 bits per heavy atom. The van der Waals surface area contributed by atoms with Gasteiger partial charge in [-0.25, -0.2) is 0 Å². The third kappa shape index (κ3) is 4.52. The molecule has 0 aliphatic heterocycles. The van der Waals surface area contributed by atoms with Crippen molar-refractivity contribution >= 4 is 17.7 Å². The quantitative estimate of drug-likeness (QED) is 0.694. The number of thioether (sulfide) groups is 1. The lowest BCUT2D eigenvalue weighted by Crippen LogP contribution is -2.28. The molecule has 1 fully saturated rings. The number of carbonyl (C=O) groups is 1. The first kappa shape index (κ1) is 10.9. The van der Waals surface area contributed by atoms with Crippen molar-refractivity contribution in [2.45, 2.75) is 44.1 Å². The molecule has 0 spiro atoms. The molecular formula is C9H17NO2S. The Bertz CT molecular complexity index is 180. The molecule has 0 aromatic carbocycles. The minimum Gasteiger partial charge on any atom is -0.392 e. The Morgan fingerprint density at radius 1 is 1.62 bits per heavy atom. The fourth-order valence-electron chi connectivity index (χ4n) is 0.843. The number of amides is 1. The first-order valence-electron chi connectivity index (χ1n) is 4.68. The lowest BCUT2D eigenvalue weighted by atomic mass is 10.3. The van der Waals surface area contributed by atoms with Crippen molar-refractivity contribution in [2.24, 2.45) is 0 Å². The second kappa shape index (κ2) is 4.86. The van der Waals surface area contributed by atoms with Gasteiger partial charge in [0.25, 0.3) is 0 Å². The summed E-state index contributed by atoms with van der Waals surface area (Å²) in [6, 6.07) is 0.440.